The van der Waals surface area contributed by atoms with E-state index in [4.69, 9.17) is 21.3 Å². The van der Waals surface area contributed by atoms with Crippen molar-refractivity contribution in [1.29, 1.82) is 0 Å². The van der Waals surface area contributed by atoms with E-state index in [2.05, 4.69) is 25.7 Å². The molecule has 0 atom stereocenters. The number of benzene rings is 2. The van der Waals surface area contributed by atoms with Crippen LogP contribution in [0.25, 0.3) is 10.9 Å². The van der Waals surface area contributed by atoms with Gasteiger partial charge in [0, 0.05) is 36.6 Å². The number of anilines is 2. The van der Waals surface area contributed by atoms with Crippen LogP contribution >= 0.6 is 11.6 Å². The molecule has 1 amide bonds. The number of alkyl carbamates (subject to hydrolysis) is 1. The molecule has 10 nitrogen and oxygen atoms in total. The minimum Gasteiger partial charge on any atom is -0.444 e. The molecule has 1 fully saturated rings. The highest BCUT2D eigenvalue weighted by Crippen LogP contribution is 2.29. The van der Waals surface area contributed by atoms with E-state index in [0.29, 0.717) is 48.3 Å². The number of sulfonamides is 1. The molecule has 0 radical (unpaired) electrons. The Kier molecular flexibility index (Phi) is 10.3. The summed E-state index contributed by atoms with van der Waals surface area (Å²) in [6, 6.07) is 14.0. The van der Waals surface area contributed by atoms with E-state index in [1.807, 2.05) is 45.0 Å². The molecule has 41 heavy (non-hydrogen) atoms. The van der Waals surface area contributed by atoms with Crippen molar-refractivity contribution in [2.75, 3.05) is 36.8 Å². The molecule has 0 spiro atoms. The van der Waals surface area contributed by atoms with Crippen LogP contribution in [0.1, 0.15) is 46.5 Å². The molecular formula is C29H39ClN6O4S. The average molecular weight is 603 g/mol. The molecule has 1 aliphatic rings. The lowest BCUT2D eigenvalue weighted by Crippen LogP contribution is -2.35. The maximum Gasteiger partial charge on any atom is 0.407 e. The summed E-state index contributed by atoms with van der Waals surface area (Å²) in [6.07, 6.45) is 3.43. The van der Waals surface area contributed by atoms with Crippen LogP contribution in [0.4, 0.5) is 16.6 Å². The topological polar surface area (TPSA) is 134 Å². The lowest BCUT2D eigenvalue weighted by atomic mass is 9.82. The number of halogens is 1. The minimum atomic E-state index is -3.55. The first-order valence-electron chi connectivity index (χ1n) is 13.9. The number of amides is 1. The summed E-state index contributed by atoms with van der Waals surface area (Å²) >= 11 is 5.88. The molecule has 2 aromatic carbocycles. The van der Waals surface area contributed by atoms with E-state index in [9.17, 15) is 13.2 Å². The summed E-state index contributed by atoms with van der Waals surface area (Å²) in [5.41, 5.74) is 0.277. The number of aromatic nitrogens is 2. The minimum absolute atomic E-state index is 0.225. The van der Waals surface area contributed by atoms with Crippen molar-refractivity contribution in [3.63, 3.8) is 0 Å². The van der Waals surface area contributed by atoms with Gasteiger partial charge in [-0.05, 0) is 94.7 Å². The smallest absolute Gasteiger partial charge is 0.407 e. The molecule has 1 saturated carbocycles. The molecule has 1 heterocycles. The standard InChI is InChI=1S/C29H39ClN6O4S/c1-29(2,3)40-28(37)32-17-16-31-26-24-6-4-5-7-25(24)35-27(36-26)33-18-20-8-10-21(11-9-20)19-34-41(38,39)23-14-12-22(30)13-15-23/h4-7,12-15,20-21,34H,8-11,16-19H2,1-3H3,(H,32,37)(H2,31,33,35,36). The summed E-state index contributed by atoms with van der Waals surface area (Å²) in [7, 11) is -3.55. The van der Waals surface area contributed by atoms with E-state index in [1.165, 1.54) is 12.1 Å². The van der Waals surface area contributed by atoms with Crippen LogP contribution in [0.5, 0.6) is 0 Å². The predicted octanol–water partition coefficient (Wildman–Crippen LogP) is 5.42. The molecule has 4 rings (SSSR count). The van der Waals surface area contributed by atoms with Crippen LogP contribution in [0.3, 0.4) is 0 Å². The highest BCUT2D eigenvalue weighted by molar-refractivity contribution is 7.89. The van der Waals surface area contributed by atoms with Gasteiger partial charge in [0.05, 0.1) is 10.4 Å². The number of ether oxygens (including phenoxy) is 1. The number of rotatable bonds is 11. The first-order valence-corrected chi connectivity index (χ1v) is 15.8. The van der Waals surface area contributed by atoms with Crippen molar-refractivity contribution in [3.05, 3.63) is 53.6 Å². The molecule has 1 aromatic heterocycles. The third kappa shape index (κ3) is 9.44. The number of para-hydroxylation sites is 1. The zero-order valence-electron chi connectivity index (χ0n) is 23.7. The molecule has 3 aromatic rings. The van der Waals surface area contributed by atoms with Gasteiger partial charge in [-0.15, -0.1) is 0 Å². The Labute approximate surface area is 247 Å². The van der Waals surface area contributed by atoms with Gasteiger partial charge >= 0.3 is 6.09 Å². The van der Waals surface area contributed by atoms with E-state index in [0.717, 1.165) is 43.1 Å². The molecule has 0 aliphatic heterocycles. The highest BCUT2D eigenvalue weighted by atomic mass is 35.5. The van der Waals surface area contributed by atoms with E-state index >= 15 is 0 Å². The molecular weight excluding hydrogens is 564 g/mol. The van der Waals surface area contributed by atoms with E-state index in [-0.39, 0.29) is 4.90 Å². The lowest BCUT2D eigenvalue weighted by molar-refractivity contribution is 0.0530. The van der Waals surface area contributed by atoms with Gasteiger partial charge < -0.3 is 20.7 Å². The zero-order chi connectivity index (χ0) is 29.5. The van der Waals surface area contributed by atoms with Gasteiger partial charge in [0.2, 0.25) is 16.0 Å². The predicted molar refractivity (Wildman–Crippen MR) is 163 cm³/mol. The Morgan fingerprint density at radius 1 is 0.927 bits per heavy atom. The average Bonchev–Trinajstić information content (AvgIpc) is 2.93. The molecule has 1 aliphatic carbocycles. The molecule has 4 N–H and O–H groups in total. The van der Waals surface area contributed by atoms with Crippen molar-refractivity contribution in [2.24, 2.45) is 11.8 Å². The number of fused-ring (bicyclic) bond motifs is 1. The Balaban J connectivity index is 1.25. The lowest BCUT2D eigenvalue weighted by Gasteiger charge is -2.28. The van der Waals surface area contributed by atoms with Crippen molar-refractivity contribution in [3.8, 4) is 0 Å². The molecule has 0 unspecified atom stereocenters. The van der Waals surface area contributed by atoms with E-state index in [1.54, 1.807) is 12.1 Å². The van der Waals surface area contributed by atoms with Crippen LogP contribution in [-0.2, 0) is 14.8 Å². The quantitative estimate of drug-likeness (QED) is 0.214. The second-order valence-electron chi connectivity index (χ2n) is 11.3. The van der Waals surface area contributed by atoms with Crippen molar-refractivity contribution in [2.45, 2.75) is 57.0 Å². The fraction of sp³-hybridized carbons (Fsp3) is 0.483. The summed E-state index contributed by atoms with van der Waals surface area (Å²) in [4.78, 5) is 21.5. The van der Waals surface area contributed by atoms with Crippen LogP contribution in [0.15, 0.2) is 53.4 Å². The Morgan fingerprint density at radius 3 is 2.27 bits per heavy atom. The number of hydrogen-bond donors (Lipinski definition) is 4. The van der Waals surface area contributed by atoms with Crippen LogP contribution < -0.4 is 20.7 Å². The van der Waals surface area contributed by atoms with Crippen molar-refractivity contribution >= 4 is 50.4 Å². The number of nitrogens with one attached hydrogen (secondary N) is 4. The van der Waals surface area contributed by atoms with Gasteiger partial charge in [0.25, 0.3) is 0 Å². The third-order valence-electron chi connectivity index (χ3n) is 6.89. The first kappa shape index (κ1) is 30.8. The Hall–Kier alpha value is -3.15. The zero-order valence-corrected chi connectivity index (χ0v) is 25.3. The first-order chi connectivity index (χ1) is 19.5. The van der Waals surface area contributed by atoms with E-state index < -0.39 is 21.7 Å². The summed E-state index contributed by atoms with van der Waals surface area (Å²) in [6.45, 7) is 7.50. The second kappa shape index (κ2) is 13.7. The molecule has 12 heteroatoms. The molecule has 222 valence electrons. The largest absolute Gasteiger partial charge is 0.444 e. The third-order valence-corrected chi connectivity index (χ3v) is 8.58. The number of carbonyl (C=O) groups excluding carboxylic acids is 1. The SMILES string of the molecule is CC(C)(C)OC(=O)NCCNc1nc(NCC2CCC(CNS(=O)(=O)c3ccc(Cl)cc3)CC2)nc2ccccc12. The number of nitrogens with zero attached hydrogens (tertiary/aromatic N) is 2. The Morgan fingerprint density at radius 2 is 1.59 bits per heavy atom. The number of hydrogen-bond acceptors (Lipinski definition) is 8. The van der Waals surface area contributed by atoms with Gasteiger partial charge in [-0.25, -0.2) is 22.9 Å². The highest BCUT2D eigenvalue weighted by Gasteiger charge is 2.24. The maximum absolute atomic E-state index is 12.6. The summed E-state index contributed by atoms with van der Waals surface area (Å²) < 4.78 is 33.2. The molecule has 0 bridgehead atoms. The van der Waals surface area contributed by atoms with Crippen LogP contribution in [-0.4, -0.2) is 56.3 Å². The molecule has 0 saturated heterocycles. The monoisotopic (exact) mass is 602 g/mol. The fourth-order valence-corrected chi connectivity index (χ4v) is 5.99. The van der Waals surface area contributed by atoms with Crippen LogP contribution in [0, 0.1) is 11.8 Å². The van der Waals surface area contributed by atoms with Gasteiger partial charge in [0.1, 0.15) is 11.4 Å². The fourth-order valence-electron chi connectivity index (χ4n) is 4.75. The summed E-state index contributed by atoms with van der Waals surface area (Å²) in [5.74, 6) is 1.99. The van der Waals surface area contributed by atoms with Crippen molar-refractivity contribution < 1.29 is 17.9 Å². The van der Waals surface area contributed by atoms with Gasteiger partial charge in [-0.2, -0.15) is 4.98 Å². The Bertz CT molecular complexity index is 1420. The maximum atomic E-state index is 12.6. The summed E-state index contributed by atoms with van der Waals surface area (Å²) in [5, 5.41) is 10.9. The van der Waals surface area contributed by atoms with Gasteiger partial charge in [0.15, 0.2) is 0 Å². The normalized spacial score (nSPS) is 17.7. The van der Waals surface area contributed by atoms with Crippen molar-refractivity contribution in [1.82, 2.24) is 20.0 Å². The second-order valence-corrected chi connectivity index (χ2v) is 13.5. The van der Waals surface area contributed by atoms with Crippen LogP contribution in [0.2, 0.25) is 5.02 Å². The van der Waals surface area contributed by atoms with Gasteiger partial charge in [-0.3, -0.25) is 0 Å². The number of carbonyl (C=O) groups is 1. The van der Waals surface area contributed by atoms with Gasteiger partial charge in [-0.1, -0.05) is 23.7 Å².